The molecule has 3 N–H and O–H groups in total. The monoisotopic (exact) mass is 338 g/mol. The summed E-state index contributed by atoms with van der Waals surface area (Å²) >= 11 is 0. The molecule has 0 atom stereocenters. The molecule has 2 rings (SSSR count). The zero-order valence-corrected chi connectivity index (χ0v) is 13.1. The molecule has 1 amide bonds. The van der Waals surface area contributed by atoms with Gasteiger partial charge in [0.15, 0.2) is 0 Å². The average Bonchev–Trinajstić information content (AvgIpc) is 2.48. The molecule has 0 aliphatic carbocycles. The summed E-state index contributed by atoms with van der Waals surface area (Å²) in [6, 6.07) is 9.35. The highest BCUT2D eigenvalue weighted by Crippen LogP contribution is 2.26. The number of ether oxygens (including phenoxy) is 1. The van der Waals surface area contributed by atoms with E-state index in [2.05, 4.69) is 4.72 Å². The topological polar surface area (TPSA) is 98.5 Å². The summed E-state index contributed by atoms with van der Waals surface area (Å²) in [7, 11) is -2.72. The lowest BCUT2D eigenvalue weighted by atomic mass is 10.1. The Morgan fingerprint density at radius 1 is 1.22 bits per heavy atom. The van der Waals surface area contributed by atoms with Gasteiger partial charge in [-0.3, -0.25) is 9.52 Å². The van der Waals surface area contributed by atoms with Gasteiger partial charge in [0.05, 0.1) is 13.5 Å². The third kappa shape index (κ3) is 4.19. The molecule has 0 saturated carbocycles. The molecule has 2 aromatic rings. The van der Waals surface area contributed by atoms with Crippen LogP contribution in [0.5, 0.6) is 5.75 Å². The first-order chi connectivity index (χ1) is 10.8. The fraction of sp³-hybridized carbons (Fsp3) is 0.133. The highest BCUT2D eigenvalue weighted by Gasteiger charge is 2.20. The number of anilines is 1. The number of carbonyl (C=O) groups is 1. The Bertz CT molecular complexity index is 820. The maximum Gasteiger partial charge on any atom is 0.265 e. The van der Waals surface area contributed by atoms with Crippen LogP contribution in [-0.4, -0.2) is 21.4 Å². The first-order valence-electron chi connectivity index (χ1n) is 6.55. The van der Waals surface area contributed by atoms with Crippen molar-refractivity contribution in [3.05, 3.63) is 53.8 Å². The molecular formula is C15H15FN2O4S. The summed E-state index contributed by atoms with van der Waals surface area (Å²) in [5.41, 5.74) is 6.01. The van der Waals surface area contributed by atoms with Gasteiger partial charge >= 0.3 is 0 Å². The van der Waals surface area contributed by atoms with Crippen molar-refractivity contribution in [2.75, 3.05) is 11.8 Å². The number of nitrogens with two attached hydrogens (primary N) is 1. The number of sulfonamides is 1. The van der Waals surface area contributed by atoms with E-state index in [-0.39, 0.29) is 22.8 Å². The molecule has 0 spiro atoms. The third-order valence-electron chi connectivity index (χ3n) is 3.00. The van der Waals surface area contributed by atoms with Crippen molar-refractivity contribution in [1.29, 1.82) is 0 Å². The zero-order chi connectivity index (χ0) is 17.0. The van der Waals surface area contributed by atoms with Crippen molar-refractivity contribution in [2.24, 2.45) is 5.73 Å². The summed E-state index contributed by atoms with van der Waals surface area (Å²) in [6.07, 6.45) is 0.0603. The number of rotatable bonds is 6. The van der Waals surface area contributed by atoms with Gasteiger partial charge in [0.1, 0.15) is 16.5 Å². The first kappa shape index (κ1) is 16.8. The molecule has 0 aromatic heterocycles. The van der Waals surface area contributed by atoms with Gasteiger partial charge in [-0.2, -0.15) is 0 Å². The molecule has 0 saturated heterocycles. The van der Waals surface area contributed by atoms with Gasteiger partial charge in [-0.05, 0) is 35.9 Å². The van der Waals surface area contributed by atoms with Crippen molar-refractivity contribution in [2.45, 2.75) is 11.3 Å². The molecule has 8 heteroatoms. The highest BCUT2D eigenvalue weighted by molar-refractivity contribution is 7.92. The molecule has 122 valence electrons. The van der Waals surface area contributed by atoms with E-state index in [0.717, 1.165) is 12.1 Å². The van der Waals surface area contributed by atoms with Crippen LogP contribution < -0.4 is 15.2 Å². The van der Waals surface area contributed by atoms with E-state index in [4.69, 9.17) is 10.5 Å². The Hall–Kier alpha value is -2.61. The first-order valence-corrected chi connectivity index (χ1v) is 8.04. The summed E-state index contributed by atoms with van der Waals surface area (Å²) in [6.45, 7) is 0. The summed E-state index contributed by atoms with van der Waals surface area (Å²) < 4.78 is 45.3. The molecule has 0 aliphatic heterocycles. The number of nitrogens with one attached hydrogen (secondary N) is 1. The van der Waals surface area contributed by atoms with E-state index in [1.54, 1.807) is 12.1 Å². The van der Waals surface area contributed by atoms with Crippen LogP contribution in [0.4, 0.5) is 10.1 Å². The van der Waals surface area contributed by atoms with Crippen LogP contribution in [0.25, 0.3) is 0 Å². The van der Waals surface area contributed by atoms with Gasteiger partial charge in [-0.15, -0.1) is 0 Å². The van der Waals surface area contributed by atoms with Gasteiger partial charge in [-0.25, -0.2) is 12.8 Å². The molecule has 0 radical (unpaired) electrons. The number of carbonyl (C=O) groups excluding carboxylic acids is 1. The second-order valence-corrected chi connectivity index (χ2v) is 6.39. The minimum absolute atomic E-state index is 0.0317. The molecule has 0 fully saturated rings. The molecular weight excluding hydrogens is 323 g/mol. The molecule has 6 nitrogen and oxygen atoms in total. The number of benzene rings is 2. The molecule has 0 aliphatic rings. The third-order valence-corrected chi connectivity index (χ3v) is 4.40. The van der Waals surface area contributed by atoms with Crippen molar-refractivity contribution in [1.82, 2.24) is 0 Å². The molecule has 0 bridgehead atoms. The second kappa shape index (κ2) is 6.66. The standard InChI is InChI=1S/C15H15FN2O4S/c1-22-13-7-4-11(16)9-14(13)23(20,21)18-12-5-2-10(3-6-12)8-15(17)19/h2-7,9,18H,8H2,1H3,(H2,17,19). The molecule has 0 unspecified atom stereocenters. The summed E-state index contributed by atoms with van der Waals surface area (Å²) in [5, 5.41) is 0. The van der Waals surface area contributed by atoms with Crippen LogP contribution >= 0.6 is 0 Å². The predicted octanol–water partition coefficient (Wildman–Crippen LogP) is 1.66. The van der Waals surface area contributed by atoms with E-state index < -0.39 is 21.7 Å². The number of hydrogen-bond acceptors (Lipinski definition) is 4. The van der Waals surface area contributed by atoms with Crippen LogP contribution in [0.1, 0.15) is 5.56 Å². The number of amides is 1. The average molecular weight is 338 g/mol. The molecule has 2 aromatic carbocycles. The minimum atomic E-state index is -4.02. The number of halogens is 1. The lowest BCUT2D eigenvalue weighted by Gasteiger charge is -2.12. The van der Waals surface area contributed by atoms with Crippen LogP contribution in [0.15, 0.2) is 47.4 Å². The quantitative estimate of drug-likeness (QED) is 0.837. The van der Waals surface area contributed by atoms with Crippen LogP contribution in [0.2, 0.25) is 0 Å². The smallest absolute Gasteiger partial charge is 0.265 e. The normalized spacial score (nSPS) is 11.0. The summed E-state index contributed by atoms with van der Waals surface area (Å²) in [4.78, 5) is 10.5. The Morgan fingerprint density at radius 3 is 2.43 bits per heavy atom. The van der Waals surface area contributed by atoms with Gasteiger partial charge in [-0.1, -0.05) is 12.1 Å². The molecule has 23 heavy (non-hydrogen) atoms. The lowest BCUT2D eigenvalue weighted by Crippen LogP contribution is -2.15. The van der Waals surface area contributed by atoms with E-state index in [1.807, 2.05) is 0 Å². The van der Waals surface area contributed by atoms with Crippen molar-refractivity contribution in [3.63, 3.8) is 0 Å². The fourth-order valence-corrected chi connectivity index (χ4v) is 3.20. The lowest BCUT2D eigenvalue weighted by molar-refractivity contribution is -0.117. The van der Waals surface area contributed by atoms with E-state index in [1.165, 1.54) is 25.3 Å². The Morgan fingerprint density at radius 2 is 1.87 bits per heavy atom. The van der Waals surface area contributed by atoms with Crippen molar-refractivity contribution < 1.29 is 22.3 Å². The van der Waals surface area contributed by atoms with E-state index >= 15 is 0 Å². The SMILES string of the molecule is COc1ccc(F)cc1S(=O)(=O)Nc1ccc(CC(N)=O)cc1. The number of hydrogen-bond donors (Lipinski definition) is 2. The largest absolute Gasteiger partial charge is 0.495 e. The van der Waals surface area contributed by atoms with Crippen molar-refractivity contribution >= 4 is 21.6 Å². The highest BCUT2D eigenvalue weighted by atomic mass is 32.2. The fourth-order valence-electron chi connectivity index (χ4n) is 1.96. The minimum Gasteiger partial charge on any atom is -0.495 e. The van der Waals surface area contributed by atoms with Crippen molar-refractivity contribution in [3.8, 4) is 5.75 Å². The summed E-state index contributed by atoms with van der Waals surface area (Å²) in [5.74, 6) is -1.14. The zero-order valence-electron chi connectivity index (χ0n) is 12.2. The van der Waals surface area contributed by atoms with Gasteiger partial charge in [0, 0.05) is 5.69 Å². The Balaban J connectivity index is 2.28. The van der Waals surface area contributed by atoms with Gasteiger partial charge in [0.25, 0.3) is 10.0 Å². The van der Waals surface area contributed by atoms with Gasteiger partial charge in [0.2, 0.25) is 5.91 Å². The number of methoxy groups -OCH3 is 1. The van der Waals surface area contributed by atoms with Crippen LogP contribution in [0, 0.1) is 5.82 Å². The van der Waals surface area contributed by atoms with Crippen LogP contribution in [-0.2, 0) is 21.2 Å². The van der Waals surface area contributed by atoms with Gasteiger partial charge < -0.3 is 10.5 Å². The van der Waals surface area contributed by atoms with E-state index in [9.17, 15) is 17.6 Å². The predicted molar refractivity (Wildman–Crippen MR) is 83.1 cm³/mol. The maximum absolute atomic E-state index is 13.3. The second-order valence-electron chi connectivity index (χ2n) is 4.74. The number of primary amides is 1. The van der Waals surface area contributed by atoms with E-state index in [0.29, 0.717) is 5.56 Å². The molecule has 0 heterocycles. The maximum atomic E-state index is 13.3. The Labute approximate surface area is 133 Å². The Kier molecular flexibility index (Phi) is 4.85. The van der Waals surface area contributed by atoms with Crippen LogP contribution in [0.3, 0.4) is 0 Å².